The predicted molar refractivity (Wildman–Crippen MR) is 136 cm³/mol. The second-order valence-electron chi connectivity index (χ2n) is 9.26. The lowest BCUT2D eigenvalue weighted by atomic mass is 9.94. The van der Waals surface area contributed by atoms with Gasteiger partial charge in [-0.25, -0.2) is 0 Å². The molecule has 0 radical (unpaired) electrons. The number of nitrogens with zero attached hydrogens (tertiary/aromatic N) is 2. The fourth-order valence-corrected chi connectivity index (χ4v) is 5.53. The van der Waals surface area contributed by atoms with Crippen molar-refractivity contribution in [2.24, 2.45) is 0 Å². The van der Waals surface area contributed by atoms with Crippen molar-refractivity contribution in [3.8, 4) is 0 Å². The van der Waals surface area contributed by atoms with Crippen molar-refractivity contribution in [1.29, 1.82) is 0 Å². The number of ketones is 1. The highest BCUT2D eigenvalue weighted by molar-refractivity contribution is 6.17. The topological polar surface area (TPSA) is 34.9 Å². The molecule has 0 N–H and O–H groups in total. The smallest absolute Gasteiger partial charge is 0.166 e. The number of carbonyl (C=O) groups is 1. The minimum Gasteiger partial charge on any atom is -0.294 e. The Hall–Kier alpha value is -3.46. The molecule has 0 spiro atoms. The Labute approximate surface area is 194 Å². The maximum absolute atomic E-state index is 12.9. The van der Waals surface area contributed by atoms with Crippen molar-refractivity contribution in [3.05, 3.63) is 89.2 Å². The molecule has 1 aliphatic rings. The number of carbonyl (C=O) groups excluding carboxylic acids is 1. The van der Waals surface area contributed by atoms with Gasteiger partial charge in [-0.05, 0) is 57.1 Å². The number of fused-ring (bicyclic) bond motifs is 6. The van der Waals surface area contributed by atoms with E-state index in [2.05, 4.69) is 71.4 Å². The van der Waals surface area contributed by atoms with Crippen molar-refractivity contribution in [2.75, 3.05) is 0 Å². The number of Topliss-reactive ketones (excluding diaryl/α,β-unsaturated/α-hetero) is 1. The van der Waals surface area contributed by atoms with Crippen LogP contribution in [0, 0.1) is 0 Å². The quantitative estimate of drug-likeness (QED) is 0.221. The van der Waals surface area contributed by atoms with E-state index in [0.29, 0.717) is 12.8 Å². The number of rotatable bonds is 4. The Balaban J connectivity index is 1.43. The van der Waals surface area contributed by atoms with Crippen LogP contribution in [0.5, 0.6) is 0 Å². The molecule has 1 aliphatic heterocycles. The molecule has 0 amide bonds. The van der Waals surface area contributed by atoms with Gasteiger partial charge in [0.15, 0.2) is 5.78 Å². The van der Waals surface area contributed by atoms with Crippen LogP contribution in [-0.4, -0.2) is 15.6 Å². The highest BCUT2D eigenvalue weighted by Gasteiger charge is 2.23. The van der Waals surface area contributed by atoms with E-state index in [-0.39, 0.29) is 5.78 Å². The summed E-state index contributed by atoms with van der Waals surface area (Å²) in [5, 5.41) is 12.6. The van der Waals surface area contributed by atoms with Gasteiger partial charge in [0.25, 0.3) is 0 Å². The first-order valence-electron chi connectivity index (χ1n) is 12.2. The van der Waals surface area contributed by atoms with Crippen LogP contribution in [0.2, 0.25) is 0 Å². The Morgan fingerprint density at radius 1 is 0.848 bits per heavy atom. The van der Waals surface area contributed by atoms with Gasteiger partial charge in [0, 0.05) is 25.1 Å². The van der Waals surface area contributed by atoms with Crippen molar-refractivity contribution in [1.82, 2.24) is 9.78 Å². The molecule has 33 heavy (non-hydrogen) atoms. The van der Waals surface area contributed by atoms with Crippen LogP contribution in [0.15, 0.2) is 66.7 Å². The Kier molecular flexibility index (Phi) is 4.98. The third-order valence-electron chi connectivity index (χ3n) is 7.19. The summed E-state index contributed by atoms with van der Waals surface area (Å²) in [5.74, 6) is 0.229. The van der Waals surface area contributed by atoms with Gasteiger partial charge in [0.05, 0.1) is 11.3 Å². The fraction of sp³-hybridized carbons (Fsp3) is 0.267. The molecule has 0 unspecified atom stereocenters. The molecule has 6 rings (SSSR count). The van der Waals surface area contributed by atoms with Crippen LogP contribution in [0.1, 0.15) is 59.9 Å². The lowest BCUT2D eigenvalue weighted by Crippen LogP contribution is -2.06. The van der Waals surface area contributed by atoms with E-state index in [1.807, 2.05) is 6.92 Å². The van der Waals surface area contributed by atoms with Crippen LogP contribution in [0.3, 0.4) is 0 Å². The van der Waals surface area contributed by atoms with E-state index in [9.17, 15) is 4.79 Å². The van der Waals surface area contributed by atoms with Crippen LogP contribution >= 0.6 is 0 Å². The first kappa shape index (κ1) is 20.2. The first-order valence-corrected chi connectivity index (χ1v) is 12.2. The van der Waals surface area contributed by atoms with Gasteiger partial charge in [-0.2, -0.15) is 5.10 Å². The van der Waals surface area contributed by atoms with Gasteiger partial charge in [0.1, 0.15) is 0 Å². The molecule has 0 saturated carbocycles. The van der Waals surface area contributed by atoms with Gasteiger partial charge >= 0.3 is 0 Å². The normalized spacial score (nSPS) is 14.0. The number of aryl methyl sites for hydroxylation is 1. The average molecular weight is 433 g/mol. The molecule has 2 heterocycles. The number of benzene rings is 4. The molecule has 0 bridgehead atoms. The number of hydrogen-bond donors (Lipinski definition) is 0. The molecule has 0 atom stereocenters. The van der Waals surface area contributed by atoms with Crippen LogP contribution < -0.4 is 0 Å². The molecule has 4 aromatic carbocycles. The number of aromatic nitrogens is 2. The Morgan fingerprint density at radius 2 is 1.61 bits per heavy atom. The predicted octanol–water partition coefficient (Wildman–Crippen LogP) is 7.25. The summed E-state index contributed by atoms with van der Waals surface area (Å²) in [4.78, 5) is 12.9. The summed E-state index contributed by atoms with van der Waals surface area (Å²) in [5.41, 5.74) is 4.21. The summed E-state index contributed by atoms with van der Waals surface area (Å²) in [6.45, 7) is 2.88. The molecule has 3 nitrogen and oxygen atoms in total. The zero-order valence-corrected chi connectivity index (χ0v) is 19.1. The zero-order valence-electron chi connectivity index (χ0n) is 19.1. The molecule has 3 heteroatoms. The highest BCUT2D eigenvalue weighted by atomic mass is 16.1. The maximum atomic E-state index is 12.9. The van der Waals surface area contributed by atoms with Gasteiger partial charge < -0.3 is 0 Å². The number of hydrogen-bond acceptors (Lipinski definition) is 2. The molecular weight excluding hydrogens is 404 g/mol. The molecule has 164 valence electrons. The molecule has 0 fully saturated rings. The average Bonchev–Trinajstić information content (AvgIpc) is 3.02. The summed E-state index contributed by atoms with van der Waals surface area (Å²) >= 11 is 0. The van der Waals surface area contributed by atoms with E-state index < -0.39 is 0 Å². The second-order valence-corrected chi connectivity index (χ2v) is 9.26. The maximum Gasteiger partial charge on any atom is 0.166 e. The van der Waals surface area contributed by atoms with Crippen LogP contribution in [0.4, 0.5) is 0 Å². The molecular formula is C30H28N2O. The van der Waals surface area contributed by atoms with Crippen molar-refractivity contribution < 1.29 is 4.79 Å². The minimum absolute atomic E-state index is 0.229. The molecule has 0 aliphatic carbocycles. The summed E-state index contributed by atoms with van der Waals surface area (Å²) < 4.78 is 2.12. The monoisotopic (exact) mass is 432 g/mol. The fourth-order valence-electron chi connectivity index (χ4n) is 5.53. The van der Waals surface area contributed by atoms with Gasteiger partial charge in [-0.15, -0.1) is 0 Å². The van der Waals surface area contributed by atoms with Gasteiger partial charge in [-0.1, -0.05) is 80.1 Å². The third kappa shape index (κ3) is 3.43. The van der Waals surface area contributed by atoms with Crippen molar-refractivity contribution in [2.45, 2.75) is 52.0 Å². The van der Waals surface area contributed by atoms with Gasteiger partial charge in [0.2, 0.25) is 0 Å². The second kappa shape index (κ2) is 8.15. The van der Waals surface area contributed by atoms with E-state index in [1.54, 1.807) is 0 Å². The standard InChI is InChI=1S/C30H28N2O/c1-2-29(33)30-27(31-32-17-7-3-4-10-28(30)32)19-20-11-14-24-22(18-20)13-16-25-23-9-6-5-8-21(23)12-15-26(24)25/h5-6,8-9,11-16,18H,2-4,7,10,17,19H2,1H3. The summed E-state index contributed by atoms with van der Waals surface area (Å²) in [6, 6.07) is 24.2. The third-order valence-corrected chi connectivity index (χ3v) is 7.19. The van der Waals surface area contributed by atoms with E-state index in [4.69, 9.17) is 5.10 Å². The Morgan fingerprint density at radius 3 is 2.45 bits per heavy atom. The molecule has 5 aromatic rings. The van der Waals surface area contributed by atoms with Crippen molar-refractivity contribution in [3.63, 3.8) is 0 Å². The summed E-state index contributed by atoms with van der Waals surface area (Å²) in [6.07, 6.45) is 5.70. The minimum atomic E-state index is 0.229. The largest absolute Gasteiger partial charge is 0.294 e. The van der Waals surface area contributed by atoms with Crippen LogP contribution in [0.25, 0.3) is 32.3 Å². The lowest BCUT2D eigenvalue weighted by Gasteiger charge is -2.09. The van der Waals surface area contributed by atoms with Crippen molar-refractivity contribution >= 4 is 38.1 Å². The van der Waals surface area contributed by atoms with E-state index in [1.165, 1.54) is 44.3 Å². The first-order chi connectivity index (χ1) is 16.2. The van der Waals surface area contributed by atoms with E-state index in [0.717, 1.165) is 42.8 Å². The van der Waals surface area contributed by atoms with Crippen LogP contribution in [-0.2, 0) is 19.4 Å². The Bertz CT molecular complexity index is 1530. The van der Waals surface area contributed by atoms with Gasteiger partial charge in [-0.3, -0.25) is 9.48 Å². The SMILES string of the molecule is CCC(=O)c1c(Cc2ccc3c(ccc4c5ccccc5ccc34)c2)nn2c1CCCCC2. The highest BCUT2D eigenvalue weighted by Crippen LogP contribution is 2.32. The zero-order chi connectivity index (χ0) is 22.4. The van der Waals surface area contributed by atoms with E-state index >= 15 is 0 Å². The summed E-state index contributed by atoms with van der Waals surface area (Å²) in [7, 11) is 0. The molecule has 1 aromatic heterocycles. The lowest BCUT2D eigenvalue weighted by molar-refractivity contribution is 0.0986. The molecule has 0 saturated heterocycles.